The molecule has 0 saturated carbocycles. The number of guanidine groups is 1. The first kappa shape index (κ1) is 24.5. The summed E-state index contributed by atoms with van der Waals surface area (Å²) in [5.74, 6) is 2.86. The summed E-state index contributed by atoms with van der Waals surface area (Å²) in [5, 5.41) is 7.28. The van der Waals surface area contributed by atoms with Crippen molar-refractivity contribution in [3.63, 3.8) is 0 Å². The summed E-state index contributed by atoms with van der Waals surface area (Å²) >= 11 is 2.07. The van der Waals surface area contributed by atoms with Crippen LogP contribution < -0.4 is 10.6 Å². The fourth-order valence-corrected chi connectivity index (χ4v) is 5.65. The monoisotopic (exact) mass is 526 g/mol. The molecule has 0 radical (unpaired) electrons. The molecule has 0 bridgehead atoms. The van der Waals surface area contributed by atoms with Crippen LogP contribution in [0.4, 0.5) is 0 Å². The van der Waals surface area contributed by atoms with Crippen molar-refractivity contribution >= 4 is 41.7 Å². The Bertz CT molecular complexity index is 458. The number of piperidine rings is 1. The van der Waals surface area contributed by atoms with Crippen molar-refractivity contribution in [3.8, 4) is 0 Å². The zero-order valence-electron chi connectivity index (χ0n) is 17.6. The van der Waals surface area contributed by atoms with Gasteiger partial charge in [-0.1, -0.05) is 6.92 Å². The fourth-order valence-electron chi connectivity index (χ4n) is 4.41. The van der Waals surface area contributed by atoms with Crippen molar-refractivity contribution in [3.05, 3.63) is 0 Å². The third-order valence-corrected chi connectivity index (χ3v) is 7.58. The number of likely N-dealkylation sites (tertiary alicyclic amines) is 1. The minimum atomic E-state index is 0. The van der Waals surface area contributed by atoms with E-state index in [9.17, 15) is 0 Å². The van der Waals surface area contributed by atoms with Gasteiger partial charge in [-0.15, -0.1) is 24.0 Å². The largest absolute Gasteiger partial charge is 0.381 e. The molecule has 0 amide bonds. The number of ether oxygens (including phenoxy) is 2. The van der Waals surface area contributed by atoms with E-state index >= 15 is 0 Å². The lowest BCUT2D eigenvalue weighted by Gasteiger charge is -2.38. The van der Waals surface area contributed by atoms with Crippen LogP contribution in [-0.4, -0.2) is 87.1 Å². The number of aliphatic imine (C=N–C) groups is 1. The highest BCUT2D eigenvalue weighted by atomic mass is 127. The van der Waals surface area contributed by atoms with Gasteiger partial charge >= 0.3 is 0 Å². The Morgan fingerprint density at radius 1 is 1.14 bits per heavy atom. The van der Waals surface area contributed by atoms with Crippen molar-refractivity contribution in [2.24, 2.45) is 10.9 Å². The van der Waals surface area contributed by atoms with Crippen LogP contribution in [0.1, 0.15) is 39.0 Å². The second kappa shape index (κ2) is 12.8. The van der Waals surface area contributed by atoms with Gasteiger partial charge in [0.15, 0.2) is 5.96 Å². The summed E-state index contributed by atoms with van der Waals surface area (Å²) in [6, 6.07) is 0.525. The highest BCUT2D eigenvalue weighted by Gasteiger charge is 2.33. The molecule has 0 aliphatic carbocycles. The maximum atomic E-state index is 5.58. The molecule has 3 aliphatic rings. The van der Waals surface area contributed by atoms with Gasteiger partial charge in [0, 0.05) is 63.8 Å². The highest BCUT2D eigenvalue weighted by molar-refractivity contribution is 14.0. The smallest absolute Gasteiger partial charge is 0.191 e. The van der Waals surface area contributed by atoms with Gasteiger partial charge in [0.25, 0.3) is 0 Å². The number of thioether (sulfide) groups is 1. The van der Waals surface area contributed by atoms with Gasteiger partial charge in [-0.25, -0.2) is 0 Å². The Morgan fingerprint density at radius 3 is 2.50 bits per heavy atom. The maximum absolute atomic E-state index is 5.58. The maximum Gasteiger partial charge on any atom is 0.191 e. The Balaban J connectivity index is 0.00000280. The summed E-state index contributed by atoms with van der Waals surface area (Å²) in [5.41, 5.74) is 0. The lowest BCUT2D eigenvalue weighted by molar-refractivity contribution is 0.0781. The van der Waals surface area contributed by atoms with Crippen LogP contribution in [0.15, 0.2) is 4.99 Å². The number of nitrogens with one attached hydrogen (secondary N) is 2. The van der Waals surface area contributed by atoms with Crippen LogP contribution in [0.3, 0.4) is 0 Å². The molecule has 8 heteroatoms. The predicted molar refractivity (Wildman–Crippen MR) is 129 cm³/mol. The summed E-state index contributed by atoms with van der Waals surface area (Å²) in [7, 11) is 1.88. The van der Waals surface area contributed by atoms with Gasteiger partial charge in [-0.05, 0) is 43.8 Å². The minimum absolute atomic E-state index is 0. The number of nitrogens with zero attached hydrogens (tertiary/aromatic N) is 2. The van der Waals surface area contributed by atoms with Crippen molar-refractivity contribution in [2.45, 2.75) is 49.8 Å². The SMILES string of the molecule is CCSC1(CNC(=NC)NC2CCN(CC3CCOC3)CC2)CCOCC1.I. The molecule has 3 fully saturated rings. The second-order valence-corrected chi connectivity index (χ2v) is 9.84. The Labute approximate surface area is 192 Å². The molecule has 0 aromatic rings. The zero-order chi connectivity index (χ0) is 19.0. The average Bonchev–Trinajstić information content (AvgIpc) is 3.20. The van der Waals surface area contributed by atoms with E-state index in [1.165, 1.54) is 38.9 Å². The molecule has 3 rings (SSSR count). The predicted octanol–water partition coefficient (Wildman–Crippen LogP) is 2.57. The van der Waals surface area contributed by atoms with Gasteiger partial charge < -0.3 is 25.0 Å². The average molecular weight is 527 g/mol. The Morgan fingerprint density at radius 2 is 1.89 bits per heavy atom. The van der Waals surface area contributed by atoms with E-state index < -0.39 is 0 Å². The first-order chi connectivity index (χ1) is 13.2. The van der Waals surface area contributed by atoms with E-state index in [4.69, 9.17) is 9.47 Å². The molecule has 3 heterocycles. The molecular weight excluding hydrogens is 487 g/mol. The molecule has 3 saturated heterocycles. The number of hydrogen-bond acceptors (Lipinski definition) is 5. The van der Waals surface area contributed by atoms with Gasteiger partial charge in [-0.2, -0.15) is 11.8 Å². The molecule has 3 aliphatic heterocycles. The van der Waals surface area contributed by atoms with Crippen molar-refractivity contribution in [1.82, 2.24) is 15.5 Å². The second-order valence-electron chi connectivity index (χ2n) is 8.10. The van der Waals surface area contributed by atoms with E-state index in [1.807, 2.05) is 7.05 Å². The van der Waals surface area contributed by atoms with Crippen LogP contribution in [0.25, 0.3) is 0 Å². The van der Waals surface area contributed by atoms with E-state index in [2.05, 4.69) is 39.2 Å². The topological polar surface area (TPSA) is 58.1 Å². The zero-order valence-corrected chi connectivity index (χ0v) is 20.7. The molecule has 1 atom stereocenters. The minimum Gasteiger partial charge on any atom is -0.381 e. The number of hydrogen-bond donors (Lipinski definition) is 2. The standard InChI is InChI=1S/C20H38N4O2S.HI/c1-3-27-20(7-12-25-13-8-20)16-22-19(21-2)23-18-4-9-24(10-5-18)14-17-6-11-26-15-17;/h17-18H,3-16H2,1-2H3,(H2,21,22,23);1H. The lowest BCUT2D eigenvalue weighted by Crippen LogP contribution is -2.52. The van der Waals surface area contributed by atoms with Gasteiger partial charge in [0.2, 0.25) is 0 Å². The summed E-state index contributed by atoms with van der Waals surface area (Å²) in [6.45, 7) is 10.5. The molecule has 0 aromatic heterocycles. The van der Waals surface area contributed by atoms with E-state index in [0.717, 1.165) is 63.4 Å². The van der Waals surface area contributed by atoms with Crippen LogP contribution >= 0.6 is 35.7 Å². The molecule has 6 nitrogen and oxygen atoms in total. The highest BCUT2D eigenvalue weighted by Crippen LogP contribution is 2.34. The fraction of sp³-hybridized carbons (Fsp3) is 0.950. The quantitative estimate of drug-likeness (QED) is 0.302. The lowest BCUT2D eigenvalue weighted by atomic mass is 9.99. The summed E-state index contributed by atoms with van der Waals surface area (Å²) in [6.07, 6.45) is 5.86. The van der Waals surface area contributed by atoms with Crippen LogP contribution in [0.5, 0.6) is 0 Å². The van der Waals surface area contributed by atoms with E-state index in [0.29, 0.717) is 6.04 Å². The Kier molecular flexibility index (Phi) is 11.2. The van der Waals surface area contributed by atoms with Crippen molar-refractivity contribution < 1.29 is 9.47 Å². The van der Waals surface area contributed by atoms with E-state index in [1.54, 1.807) is 0 Å². The van der Waals surface area contributed by atoms with Gasteiger partial charge in [-0.3, -0.25) is 4.99 Å². The third-order valence-electron chi connectivity index (χ3n) is 6.12. The van der Waals surface area contributed by atoms with Crippen LogP contribution in [-0.2, 0) is 9.47 Å². The van der Waals surface area contributed by atoms with Gasteiger partial charge in [0.1, 0.15) is 0 Å². The van der Waals surface area contributed by atoms with Crippen LogP contribution in [0.2, 0.25) is 0 Å². The molecule has 164 valence electrons. The third kappa shape index (κ3) is 7.49. The Hall–Kier alpha value is 0.230. The molecule has 1 unspecified atom stereocenters. The summed E-state index contributed by atoms with van der Waals surface area (Å²) in [4.78, 5) is 7.10. The first-order valence-corrected chi connectivity index (χ1v) is 11.7. The molecule has 28 heavy (non-hydrogen) atoms. The molecule has 2 N–H and O–H groups in total. The first-order valence-electron chi connectivity index (χ1n) is 10.7. The van der Waals surface area contributed by atoms with Crippen molar-refractivity contribution in [2.75, 3.05) is 65.4 Å². The van der Waals surface area contributed by atoms with E-state index in [-0.39, 0.29) is 28.7 Å². The van der Waals surface area contributed by atoms with Crippen molar-refractivity contribution in [1.29, 1.82) is 0 Å². The molecular formula is C20H39IN4O2S. The normalized spacial score (nSPS) is 26.6. The number of halogens is 1. The molecule has 0 aromatic carbocycles. The number of rotatable bonds is 7. The molecule has 0 spiro atoms. The van der Waals surface area contributed by atoms with Gasteiger partial charge in [0.05, 0.1) is 6.61 Å². The van der Waals surface area contributed by atoms with Crippen LogP contribution in [0, 0.1) is 5.92 Å². The summed E-state index contributed by atoms with van der Waals surface area (Å²) < 4.78 is 11.4.